The molecule has 0 aliphatic heterocycles. The molecule has 2 aromatic rings. The molecule has 2 aromatic carbocycles. The Kier molecular flexibility index (Phi) is 7.40. The minimum atomic E-state index is -0.296. The quantitative estimate of drug-likeness (QED) is 0.655. The second kappa shape index (κ2) is 9.56. The van der Waals surface area contributed by atoms with E-state index in [0.29, 0.717) is 22.0 Å². The van der Waals surface area contributed by atoms with Crippen LogP contribution in [0.4, 0.5) is 11.4 Å². The first-order valence-corrected chi connectivity index (χ1v) is 9.70. The maximum absolute atomic E-state index is 12.2. The molecule has 0 saturated heterocycles. The van der Waals surface area contributed by atoms with Crippen LogP contribution in [-0.4, -0.2) is 24.3 Å². The van der Waals surface area contributed by atoms with Gasteiger partial charge in [0.2, 0.25) is 11.8 Å². The highest BCUT2D eigenvalue weighted by Crippen LogP contribution is 2.26. The second-order valence-corrected chi connectivity index (χ2v) is 8.16. The molecule has 0 heterocycles. The van der Waals surface area contributed by atoms with Crippen molar-refractivity contribution in [2.45, 2.75) is 39.5 Å². The molecule has 0 fully saturated rings. The third-order valence-electron chi connectivity index (χ3n) is 4.21. The first kappa shape index (κ1) is 22.4. The van der Waals surface area contributed by atoms with Gasteiger partial charge in [0.15, 0.2) is 0 Å². The van der Waals surface area contributed by atoms with Crippen LogP contribution in [0.25, 0.3) is 0 Å². The summed E-state index contributed by atoms with van der Waals surface area (Å²) >= 11 is 6.09. The van der Waals surface area contributed by atoms with E-state index in [9.17, 15) is 14.4 Å². The summed E-state index contributed by atoms with van der Waals surface area (Å²) in [6, 6.07) is 12.2. The fraction of sp³-hybridized carbons (Fsp3) is 0.318. The van der Waals surface area contributed by atoms with E-state index in [1.807, 2.05) is 12.1 Å². The number of amides is 3. The molecule has 0 spiro atoms. The maximum atomic E-state index is 12.2. The molecule has 0 aliphatic rings. The number of rotatable bonds is 6. The standard InChI is InChI=1S/C22H26ClN3O3/c1-14(27)25-17-9-10-18(23)19(13-17)26-20(28)11-12-24-21(29)15-5-7-16(8-6-15)22(2,3)4/h5-10,13H,11-12H2,1-4H3,(H,24,29)(H,25,27)(H,26,28). The molecule has 7 heteroatoms. The molecule has 6 nitrogen and oxygen atoms in total. The van der Waals surface area contributed by atoms with Crippen LogP contribution in [0.2, 0.25) is 5.02 Å². The van der Waals surface area contributed by atoms with Gasteiger partial charge in [0, 0.05) is 31.1 Å². The van der Waals surface area contributed by atoms with E-state index >= 15 is 0 Å². The summed E-state index contributed by atoms with van der Waals surface area (Å²) in [7, 11) is 0. The molecule has 0 bridgehead atoms. The van der Waals surface area contributed by atoms with E-state index in [4.69, 9.17) is 11.6 Å². The maximum Gasteiger partial charge on any atom is 0.251 e. The van der Waals surface area contributed by atoms with Crippen molar-refractivity contribution in [3.05, 3.63) is 58.6 Å². The van der Waals surface area contributed by atoms with Gasteiger partial charge in [0.1, 0.15) is 0 Å². The smallest absolute Gasteiger partial charge is 0.251 e. The molecule has 0 aliphatic carbocycles. The fourth-order valence-electron chi connectivity index (χ4n) is 2.63. The van der Waals surface area contributed by atoms with E-state index in [1.165, 1.54) is 6.92 Å². The highest BCUT2D eigenvalue weighted by Gasteiger charge is 2.14. The van der Waals surface area contributed by atoms with Crippen molar-refractivity contribution >= 4 is 40.7 Å². The summed E-state index contributed by atoms with van der Waals surface area (Å²) in [5.74, 6) is -0.748. The van der Waals surface area contributed by atoms with Gasteiger partial charge in [0.25, 0.3) is 5.91 Å². The molecule has 3 amide bonds. The van der Waals surface area contributed by atoms with E-state index in [-0.39, 0.29) is 36.1 Å². The lowest BCUT2D eigenvalue weighted by molar-refractivity contribution is -0.116. The topological polar surface area (TPSA) is 87.3 Å². The molecule has 0 saturated carbocycles. The predicted octanol–water partition coefficient (Wildman–Crippen LogP) is 4.35. The number of nitrogens with one attached hydrogen (secondary N) is 3. The minimum Gasteiger partial charge on any atom is -0.352 e. The number of carbonyl (C=O) groups is 3. The predicted molar refractivity (Wildman–Crippen MR) is 116 cm³/mol. The van der Waals surface area contributed by atoms with Gasteiger partial charge < -0.3 is 16.0 Å². The van der Waals surface area contributed by atoms with Crippen molar-refractivity contribution in [2.24, 2.45) is 0 Å². The lowest BCUT2D eigenvalue weighted by Gasteiger charge is -2.19. The highest BCUT2D eigenvalue weighted by atomic mass is 35.5. The highest BCUT2D eigenvalue weighted by molar-refractivity contribution is 6.33. The van der Waals surface area contributed by atoms with E-state index in [2.05, 4.69) is 36.7 Å². The van der Waals surface area contributed by atoms with Crippen LogP contribution in [0, 0.1) is 0 Å². The Labute approximate surface area is 176 Å². The van der Waals surface area contributed by atoms with Crippen molar-refractivity contribution in [1.29, 1.82) is 0 Å². The average molecular weight is 416 g/mol. The van der Waals surface area contributed by atoms with Crippen LogP contribution in [0.15, 0.2) is 42.5 Å². The Morgan fingerprint density at radius 2 is 1.62 bits per heavy atom. The van der Waals surface area contributed by atoms with Gasteiger partial charge in [-0.2, -0.15) is 0 Å². The molecule has 0 atom stereocenters. The number of carbonyl (C=O) groups excluding carboxylic acids is 3. The van der Waals surface area contributed by atoms with Gasteiger partial charge in [0.05, 0.1) is 10.7 Å². The monoisotopic (exact) mass is 415 g/mol. The molecule has 29 heavy (non-hydrogen) atoms. The summed E-state index contributed by atoms with van der Waals surface area (Å²) in [6.07, 6.45) is 0.0898. The number of halogens is 1. The van der Waals surface area contributed by atoms with Crippen LogP contribution < -0.4 is 16.0 Å². The zero-order valence-corrected chi connectivity index (χ0v) is 17.8. The van der Waals surface area contributed by atoms with Gasteiger partial charge in [-0.05, 0) is 41.3 Å². The number of benzene rings is 2. The number of hydrogen-bond acceptors (Lipinski definition) is 3. The molecule has 0 aromatic heterocycles. The third kappa shape index (κ3) is 6.91. The summed E-state index contributed by atoms with van der Waals surface area (Å²) in [5, 5.41) is 8.41. The summed E-state index contributed by atoms with van der Waals surface area (Å²) in [5.41, 5.74) is 2.64. The molecule has 0 radical (unpaired) electrons. The average Bonchev–Trinajstić information content (AvgIpc) is 2.63. The van der Waals surface area contributed by atoms with Crippen LogP contribution in [0.5, 0.6) is 0 Å². The molecule has 154 valence electrons. The second-order valence-electron chi connectivity index (χ2n) is 7.76. The Morgan fingerprint density at radius 3 is 2.21 bits per heavy atom. The van der Waals surface area contributed by atoms with Crippen molar-refractivity contribution in [1.82, 2.24) is 5.32 Å². The molecule has 2 rings (SSSR count). The normalized spacial score (nSPS) is 10.9. The van der Waals surface area contributed by atoms with Gasteiger partial charge in [-0.1, -0.05) is 44.5 Å². The minimum absolute atomic E-state index is 0.0195. The molecular weight excluding hydrogens is 390 g/mol. The summed E-state index contributed by atoms with van der Waals surface area (Å²) in [6.45, 7) is 7.91. The Balaban J connectivity index is 1.87. The van der Waals surface area contributed by atoms with Gasteiger partial charge in [-0.15, -0.1) is 0 Å². The molecule has 3 N–H and O–H groups in total. The lowest BCUT2D eigenvalue weighted by atomic mass is 9.87. The Hall–Kier alpha value is -2.86. The van der Waals surface area contributed by atoms with E-state index < -0.39 is 0 Å². The fourth-order valence-corrected chi connectivity index (χ4v) is 2.79. The lowest BCUT2D eigenvalue weighted by Crippen LogP contribution is -2.27. The van der Waals surface area contributed by atoms with Crippen LogP contribution in [-0.2, 0) is 15.0 Å². The van der Waals surface area contributed by atoms with Crippen molar-refractivity contribution in [3.63, 3.8) is 0 Å². The van der Waals surface area contributed by atoms with Crippen molar-refractivity contribution in [3.8, 4) is 0 Å². The number of hydrogen-bond donors (Lipinski definition) is 3. The SMILES string of the molecule is CC(=O)Nc1ccc(Cl)c(NC(=O)CCNC(=O)c2ccc(C(C)(C)C)cc2)c1. The van der Waals surface area contributed by atoms with Crippen molar-refractivity contribution < 1.29 is 14.4 Å². The zero-order chi connectivity index (χ0) is 21.6. The summed E-state index contributed by atoms with van der Waals surface area (Å²) < 4.78 is 0. The number of anilines is 2. The van der Waals surface area contributed by atoms with Crippen molar-refractivity contribution in [2.75, 3.05) is 17.2 Å². The van der Waals surface area contributed by atoms with Gasteiger partial charge in [-0.3, -0.25) is 14.4 Å². The zero-order valence-electron chi connectivity index (χ0n) is 17.1. The van der Waals surface area contributed by atoms with Crippen LogP contribution in [0.1, 0.15) is 50.0 Å². The third-order valence-corrected chi connectivity index (χ3v) is 4.54. The Morgan fingerprint density at radius 1 is 0.966 bits per heavy atom. The largest absolute Gasteiger partial charge is 0.352 e. The van der Waals surface area contributed by atoms with Crippen LogP contribution >= 0.6 is 11.6 Å². The first-order valence-electron chi connectivity index (χ1n) is 9.32. The molecular formula is C22H26ClN3O3. The Bertz CT molecular complexity index is 903. The van der Waals surface area contributed by atoms with Gasteiger partial charge in [-0.25, -0.2) is 0 Å². The van der Waals surface area contributed by atoms with Gasteiger partial charge >= 0.3 is 0 Å². The van der Waals surface area contributed by atoms with E-state index in [1.54, 1.807) is 30.3 Å². The summed E-state index contributed by atoms with van der Waals surface area (Å²) in [4.78, 5) is 35.6. The van der Waals surface area contributed by atoms with E-state index in [0.717, 1.165) is 5.56 Å². The first-order chi connectivity index (χ1) is 13.6. The van der Waals surface area contributed by atoms with Crippen LogP contribution in [0.3, 0.4) is 0 Å². The molecule has 0 unspecified atom stereocenters.